The van der Waals surface area contributed by atoms with E-state index in [4.69, 9.17) is 0 Å². The van der Waals surface area contributed by atoms with Crippen LogP contribution >= 0.6 is 15.9 Å². The molecule has 2 rings (SSSR count). The Bertz CT molecular complexity index is 334. The molecule has 1 N–H and O–H groups in total. The van der Waals surface area contributed by atoms with E-state index in [2.05, 4.69) is 21.2 Å². The van der Waals surface area contributed by atoms with E-state index < -0.39 is 0 Å². The van der Waals surface area contributed by atoms with Gasteiger partial charge in [0.15, 0.2) is 0 Å². The highest BCUT2D eigenvalue weighted by atomic mass is 79.9. The van der Waals surface area contributed by atoms with Gasteiger partial charge in [0.1, 0.15) is 5.82 Å². The molecular weight excluding hydrogens is 257 g/mol. The van der Waals surface area contributed by atoms with Gasteiger partial charge in [-0.15, -0.1) is 0 Å². The van der Waals surface area contributed by atoms with Crippen LogP contribution in [0.15, 0.2) is 22.7 Å². The van der Waals surface area contributed by atoms with Crippen molar-refractivity contribution in [3.8, 4) is 0 Å². The fourth-order valence-electron chi connectivity index (χ4n) is 2.06. The highest BCUT2D eigenvalue weighted by Gasteiger charge is 2.14. The van der Waals surface area contributed by atoms with Gasteiger partial charge in [-0.3, -0.25) is 0 Å². The summed E-state index contributed by atoms with van der Waals surface area (Å²) in [5.74, 6) is 0.623. The predicted octanol–water partition coefficient (Wildman–Crippen LogP) is 3.13. The zero-order valence-electron chi connectivity index (χ0n) is 8.60. The normalized spacial score (nSPS) is 20.8. The maximum atomic E-state index is 13.0. The van der Waals surface area contributed by atoms with Gasteiger partial charge >= 0.3 is 0 Å². The van der Waals surface area contributed by atoms with Gasteiger partial charge in [0.05, 0.1) is 0 Å². The lowest BCUT2D eigenvalue weighted by atomic mass is 9.99. The van der Waals surface area contributed by atoms with Crippen molar-refractivity contribution in [2.45, 2.75) is 19.3 Å². The first kappa shape index (κ1) is 11.1. The molecule has 0 aliphatic carbocycles. The number of hydrogen-bond donors (Lipinski definition) is 1. The maximum absolute atomic E-state index is 13.0. The third-order valence-corrected chi connectivity index (χ3v) is 3.77. The van der Waals surface area contributed by atoms with Crippen molar-refractivity contribution in [1.29, 1.82) is 0 Å². The van der Waals surface area contributed by atoms with Crippen LogP contribution in [-0.2, 0) is 6.42 Å². The van der Waals surface area contributed by atoms with E-state index in [-0.39, 0.29) is 5.82 Å². The molecule has 82 valence electrons. The summed E-state index contributed by atoms with van der Waals surface area (Å²) in [6.45, 7) is 2.25. The molecule has 1 aromatic rings. The topological polar surface area (TPSA) is 12.0 Å². The first-order chi connectivity index (χ1) is 7.25. The second kappa shape index (κ2) is 5.08. The van der Waals surface area contributed by atoms with E-state index >= 15 is 0 Å². The minimum absolute atomic E-state index is 0.141. The second-order valence-corrected chi connectivity index (χ2v) is 4.99. The number of benzene rings is 1. The monoisotopic (exact) mass is 271 g/mol. The van der Waals surface area contributed by atoms with Crippen molar-refractivity contribution in [2.24, 2.45) is 5.92 Å². The minimum atomic E-state index is -0.141. The van der Waals surface area contributed by atoms with Gasteiger partial charge in [0.25, 0.3) is 0 Å². The number of rotatable bonds is 3. The molecule has 0 radical (unpaired) electrons. The van der Waals surface area contributed by atoms with E-state index in [9.17, 15) is 4.39 Å². The Morgan fingerprint density at radius 2 is 2.33 bits per heavy atom. The maximum Gasteiger partial charge on any atom is 0.123 e. The fourth-order valence-corrected chi connectivity index (χ4v) is 2.50. The van der Waals surface area contributed by atoms with E-state index in [0.29, 0.717) is 0 Å². The molecule has 1 aromatic carbocycles. The highest BCUT2D eigenvalue weighted by Crippen LogP contribution is 2.22. The van der Waals surface area contributed by atoms with Crippen molar-refractivity contribution in [1.82, 2.24) is 5.32 Å². The molecule has 0 spiro atoms. The van der Waals surface area contributed by atoms with Crippen LogP contribution in [0, 0.1) is 11.7 Å². The summed E-state index contributed by atoms with van der Waals surface area (Å²) in [5, 5.41) is 3.35. The smallest absolute Gasteiger partial charge is 0.123 e. The molecule has 15 heavy (non-hydrogen) atoms. The zero-order chi connectivity index (χ0) is 10.7. The predicted molar refractivity (Wildman–Crippen MR) is 63.4 cm³/mol. The van der Waals surface area contributed by atoms with Gasteiger partial charge in [-0.2, -0.15) is 0 Å². The number of halogens is 2. The number of hydrogen-bond acceptors (Lipinski definition) is 1. The summed E-state index contributed by atoms with van der Waals surface area (Å²) in [5.41, 5.74) is 1.09. The van der Waals surface area contributed by atoms with Crippen LogP contribution < -0.4 is 5.32 Å². The summed E-state index contributed by atoms with van der Waals surface area (Å²) >= 11 is 3.46. The van der Waals surface area contributed by atoms with Crippen LogP contribution in [0.25, 0.3) is 0 Å². The zero-order valence-corrected chi connectivity index (χ0v) is 10.2. The highest BCUT2D eigenvalue weighted by molar-refractivity contribution is 9.10. The number of aryl methyl sites for hydroxylation is 1. The van der Waals surface area contributed by atoms with Gasteiger partial charge in [0, 0.05) is 4.47 Å². The molecule has 1 unspecified atom stereocenters. The van der Waals surface area contributed by atoms with Crippen molar-refractivity contribution in [2.75, 3.05) is 13.1 Å². The SMILES string of the molecule is Fc1ccc(Br)c(CCC2CCNC2)c1. The Labute approximate surface area is 98.2 Å². The molecule has 0 saturated carbocycles. The van der Waals surface area contributed by atoms with Crippen molar-refractivity contribution >= 4 is 15.9 Å². The van der Waals surface area contributed by atoms with E-state index in [0.717, 1.165) is 41.9 Å². The van der Waals surface area contributed by atoms with Crippen LogP contribution in [0.1, 0.15) is 18.4 Å². The summed E-state index contributed by atoms with van der Waals surface area (Å²) in [4.78, 5) is 0. The third kappa shape index (κ3) is 3.02. The molecule has 1 fully saturated rings. The first-order valence-corrected chi connectivity index (χ1v) is 6.19. The van der Waals surface area contributed by atoms with E-state index in [1.165, 1.54) is 12.5 Å². The molecule has 0 amide bonds. The number of nitrogens with one attached hydrogen (secondary N) is 1. The van der Waals surface area contributed by atoms with Gasteiger partial charge in [-0.05, 0) is 62.0 Å². The molecule has 1 nitrogen and oxygen atoms in total. The Hall–Kier alpha value is -0.410. The first-order valence-electron chi connectivity index (χ1n) is 5.40. The van der Waals surface area contributed by atoms with E-state index in [1.807, 2.05) is 0 Å². The minimum Gasteiger partial charge on any atom is -0.316 e. The van der Waals surface area contributed by atoms with Crippen molar-refractivity contribution in [3.05, 3.63) is 34.1 Å². The Morgan fingerprint density at radius 1 is 1.47 bits per heavy atom. The van der Waals surface area contributed by atoms with Gasteiger partial charge in [0.2, 0.25) is 0 Å². The molecule has 1 heterocycles. The fraction of sp³-hybridized carbons (Fsp3) is 0.500. The quantitative estimate of drug-likeness (QED) is 0.891. The van der Waals surface area contributed by atoms with Crippen LogP contribution in [0.2, 0.25) is 0 Å². The van der Waals surface area contributed by atoms with Crippen LogP contribution in [0.5, 0.6) is 0 Å². The summed E-state index contributed by atoms with van der Waals surface area (Å²) in [6.07, 6.45) is 3.37. The molecule has 0 aromatic heterocycles. The lowest BCUT2D eigenvalue weighted by molar-refractivity contribution is 0.530. The largest absolute Gasteiger partial charge is 0.316 e. The molecular formula is C12H15BrFN. The van der Waals surface area contributed by atoms with Gasteiger partial charge in [-0.25, -0.2) is 4.39 Å². The van der Waals surface area contributed by atoms with Crippen molar-refractivity contribution in [3.63, 3.8) is 0 Å². The van der Waals surface area contributed by atoms with Crippen LogP contribution in [0.4, 0.5) is 4.39 Å². The Balaban J connectivity index is 1.94. The third-order valence-electron chi connectivity index (χ3n) is 2.99. The lowest BCUT2D eigenvalue weighted by Crippen LogP contribution is -2.09. The van der Waals surface area contributed by atoms with Crippen LogP contribution in [0.3, 0.4) is 0 Å². The molecule has 1 saturated heterocycles. The van der Waals surface area contributed by atoms with Crippen molar-refractivity contribution < 1.29 is 4.39 Å². The van der Waals surface area contributed by atoms with Gasteiger partial charge in [-0.1, -0.05) is 15.9 Å². The molecule has 1 aliphatic heterocycles. The average molecular weight is 272 g/mol. The molecule has 3 heteroatoms. The van der Waals surface area contributed by atoms with E-state index in [1.54, 1.807) is 12.1 Å². The summed E-state index contributed by atoms with van der Waals surface area (Å²) in [7, 11) is 0. The summed E-state index contributed by atoms with van der Waals surface area (Å²) in [6, 6.07) is 4.91. The van der Waals surface area contributed by atoms with Gasteiger partial charge < -0.3 is 5.32 Å². The Morgan fingerprint density at radius 3 is 3.07 bits per heavy atom. The molecule has 1 atom stereocenters. The lowest BCUT2D eigenvalue weighted by Gasteiger charge is -2.09. The second-order valence-electron chi connectivity index (χ2n) is 4.13. The molecule has 1 aliphatic rings. The standard InChI is InChI=1S/C12H15BrFN/c13-12-4-3-11(14)7-10(12)2-1-9-5-6-15-8-9/h3-4,7,9,15H,1-2,5-6,8H2. The summed E-state index contributed by atoms with van der Waals surface area (Å²) < 4.78 is 14.0. The average Bonchev–Trinajstić information content (AvgIpc) is 2.72. The Kier molecular flexibility index (Phi) is 3.76. The molecule has 0 bridgehead atoms. The van der Waals surface area contributed by atoms with Crippen LogP contribution in [-0.4, -0.2) is 13.1 Å².